The Morgan fingerprint density at radius 2 is 1.74 bits per heavy atom. The van der Waals surface area contributed by atoms with Crippen molar-refractivity contribution in [2.75, 3.05) is 6.54 Å². The molecule has 0 saturated carbocycles. The Hall–Kier alpha value is -1.90. The van der Waals surface area contributed by atoms with Crippen LogP contribution in [0.15, 0.2) is 41.3 Å². The summed E-state index contributed by atoms with van der Waals surface area (Å²) in [6.07, 6.45) is -1.47. The third kappa shape index (κ3) is 3.90. The summed E-state index contributed by atoms with van der Waals surface area (Å²) in [5, 5.41) is 9.84. The molecule has 124 valence electrons. The van der Waals surface area contributed by atoms with Crippen molar-refractivity contribution in [3.8, 4) is 0 Å². The molecule has 23 heavy (non-hydrogen) atoms. The van der Waals surface area contributed by atoms with Gasteiger partial charge in [-0.1, -0.05) is 18.2 Å². The number of sulfonamides is 1. The van der Waals surface area contributed by atoms with Gasteiger partial charge in [-0.15, -0.1) is 0 Å². The number of hydrogen-bond donors (Lipinski definition) is 2. The molecular weight excluding hydrogens is 331 g/mol. The molecule has 0 aliphatic heterocycles. The maximum absolute atomic E-state index is 13.7. The average Bonchev–Trinajstić information content (AvgIpc) is 2.49. The Kier molecular flexibility index (Phi) is 5.08. The topological polar surface area (TPSA) is 66.4 Å². The molecule has 2 aromatic carbocycles. The van der Waals surface area contributed by atoms with E-state index in [-0.39, 0.29) is 11.1 Å². The minimum Gasteiger partial charge on any atom is -0.387 e. The molecule has 0 saturated heterocycles. The normalized spacial score (nSPS) is 13.1. The van der Waals surface area contributed by atoms with E-state index in [1.807, 2.05) is 4.72 Å². The molecule has 4 nitrogen and oxygen atoms in total. The zero-order chi connectivity index (χ0) is 17.2. The number of aliphatic hydroxyl groups is 1. The van der Waals surface area contributed by atoms with E-state index in [1.165, 1.54) is 25.1 Å². The van der Waals surface area contributed by atoms with E-state index in [0.717, 1.165) is 12.1 Å². The van der Waals surface area contributed by atoms with E-state index in [4.69, 9.17) is 0 Å². The van der Waals surface area contributed by atoms with Gasteiger partial charge in [0.25, 0.3) is 0 Å². The first-order valence-corrected chi connectivity index (χ1v) is 8.08. The van der Waals surface area contributed by atoms with Crippen molar-refractivity contribution in [3.05, 3.63) is 65.0 Å². The number of hydrogen-bond acceptors (Lipinski definition) is 3. The van der Waals surface area contributed by atoms with Crippen LogP contribution in [-0.4, -0.2) is 20.1 Å². The van der Waals surface area contributed by atoms with Gasteiger partial charge in [-0.05, 0) is 30.7 Å². The summed E-state index contributed by atoms with van der Waals surface area (Å²) >= 11 is 0. The molecule has 0 radical (unpaired) electrons. The van der Waals surface area contributed by atoms with Crippen molar-refractivity contribution in [3.63, 3.8) is 0 Å². The van der Waals surface area contributed by atoms with E-state index < -0.39 is 45.0 Å². The van der Waals surface area contributed by atoms with Crippen LogP contribution in [0.25, 0.3) is 0 Å². The van der Waals surface area contributed by atoms with Crippen LogP contribution in [0.2, 0.25) is 0 Å². The molecule has 0 amide bonds. The van der Waals surface area contributed by atoms with E-state index in [2.05, 4.69) is 0 Å². The summed E-state index contributed by atoms with van der Waals surface area (Å²) < 4.78 is 66.6. The Labute approximate surface area is 131 Å². The van der Waals surface area contributed by atoms with E-state index in [1.54, 1.807) is 0 Å². The Morgan fingerprint density at radius 1 is 1.09 bits per heavy atom. The van der Waals surface area contributed by atoms with Crippen LogP contribution in [0.4, 0.5) is 13.2 Å². The summed E-state index contributed by atoms with van der Waals surface area (Å²) in [6.45, 7) is 0.711. The zero-order valence-electron chi connectivity index (χ0n) is 12.1. The lowest BCUT2D eigenvalue weighted by molar-refractivity contribution is 0.177. The van der Waals surface area contributed by atoms with E-state index in [0.29, 0.717) is 6.07 Å². The highest BCUT2D eigenvalue weighted by Gasteiger charge is 2.23. The number of aryl methyl sites for hydroxylation is 1. The Balaban J connectivity index is 2.20. The zero-order valence-corrected chi connectivity index (χ0v) is 12.9. The largest absolute Gasteiger partial charge is 0.387 e. The van der Waals surface area contributed by atoms with Gasteiger partial charge >= 0.3 is 0 Å². The van der Waals surface area contributed by atoms with Gasteiger partial charge in [0.05, 0.1) is 6.10 Å². The third-order valence-corrected chi connectivity index (χ3v) is 4.67. The monoisotopic (exact) mass is 345 g/mol. The smallest absolute Gasteiger partial charge is 0.243 e. The molecule has 0 heterocycles. The first-order valence-electron chi connectivity index (χ1n) is 6.60. The number of aliphatic hydroxyl groups excluding tert-OH is 1. The van der Waals surface area contributed by atoms with Crippen LogP contribution in [0.1, 0.15) is 17.2 Å². The number of nitrogens with one attached hydrogen (secondary N) is 1. The third-order valence-electron chi connectivity index (χ3n) is 3.23. The predicted octanol–water partition coefficient (Wildman–Crippen LogP) is 2.42. The first kappa shape index (κ1) is 17.5. The lowest BCUT2D eigenvalue weighted by Gasteiger charge is -2.14. The molecule has 0 spiro atoms. The van der Waals surface area contributed by atoms with Gasteiger partial charge in [0.1, 0.15) is 22.3 Å². The minimum atomic E-state index is -4.39. The fraction of sp³-hybridized carbons (Fsp3) is 0.200. The molecule has 0 bridgehead atoms. The van der Waals surface area contributed by atoms with Gasteiger partial charge in [-0.3, -0.25) is 0 Å². The summed E-state index contributed by atoms with van der Waals surface area (Å²) in [6, 6.07) is 6.62. The van der Waals surface area contributed by atoms with Gasteiger partial charge in [-0.25, -0.2) is 26.3 Å². The van der Waals surface area contributed by atoms with Crippen LogP contribution >= 0.6 is 0 Å². The highest BCUT2D eigenvalue weighted by molar-refractivity contribution is 7.89. The molecule has 8 heteroatoms. The van der Waals surface area contributed by atoms with Crippen molar-refractivity contribution >= 4 is 10.0 Å². The standard InChI is InChI=1S/C15H14F3NO3S/c1-9-6-13(18)15(7-12(9)17)23(21,22)19-8-14(20)10-4-2-3-5-11(10)16/h2-7,14,19-20H,8H2,1H3. The molecule has 1 atom stereocenters. The minimum absolute atomic E-state index is 0.0344. The predicted molar refractivity (Wildman–Crippen MR) is 77.6 cm³/mol. The van der Waals surface area contributed by atoms with Crippen molar-refractivity contribution < 1.29 is 26.7 Å². The van der Waals surface area contributed by atoms with Crippen LogP contribution in [0, 0.1) is 24.4 Å². The maximum Gasteiger partial charge on any atom is 0.243 e. The second-order valence-electron chi connectivity index (χ2n) is 4.92. The molecule has 0 fully saturated rings. The van der Waals surface area contributed by atoms with Gasteiger partial charge in [-0.2, -0.15) is 0 Å². The van der Waals surface area contributed by atoms with Gasteiger partial charge in [0.2, 0.25) is 10.0 Å². The first-order chi connectivity index (χ1) is 10.7. The lowest BCUT2D eigenvalue weighted by atomic mass is 10.1. The Bertz CT molecular complexity index is 825. The number of rotatable bonds is 5. The molecule has 2 rings (SSSR count). The van der Waals surface area contributed by atoms with Crippen molar-refractivity contribution in [2.24, 2.45) is 0 Å². The van der Waals surface area contributed by atoms with Crippen LogP contribution < -0.4 is 4.72 Å². The highest BCUT2D eigenvalue weighted by Crippen LogP contribution is 2.20. The van der Waals surface area contributed by atoms with Crippen LogP contribution in [0.5, 0.6) is 0 Å². The van der Waals surface area contributed by atoms with E-state index >= 15 is 0 Å². The highest BCUT2D eigenvalue weighted by atomic mass is 32.2. The summed E-state index contributed by atoms with van der Waals surface area (Å²) in [4.78, 5) is -0.874. The fourth-order valence-corrected chi connectivity index (χ4v) is 3.06. The van der Waals surface area contributed by atoms with Gasteiger partial charge in [0, 0.05) is 12.1 Å². The molecule has 2 aromatic rings. The summed E-state index contributed by atoms with van der Waals surface area (Å²) in [7, 11) is -4.39. The average molecular weight is 345 g/mol. The molecule has 1 unspecified atom stereocenters. The fourth-order valence-electron chi connectivity index (χ4n) is 1.96. The second-order valence-corrected chi connectivity index (χ2v) is 6.66. The van der Waals surface area contributed by atoms with Crippen LogP contribution in [0.3, 0.4) is 0 Å². The molecule has 0 aromatic heterocycles. The van der Waals surface area contributed by atoms with Crippen molar-refractivity contribution in [1.82, 2.24) is 4.72 Å². The van der Waals surface area contributed by atoms with Crippen molar-refractivity contribution in [2.45, 2.75) is 17.9 Å². The van der Waals surface area contributed by atoms with Crippen LogP contribution in [-0.2, 0) is 10.0 Å². The van der Waals surface area contributed by atoms with Gasteiger partial charge < -0.3 is 5.11 Å². The molecule has 0 aliphatic rings. The summed E-state index contributed by atoms with van der Waals surface area (Å²) in [5.74, 6) is -2.69. The molecule has 0 aliphatic carbocycles. The lowest BCUT2D eigenvalue weighted by Crippen LogP contribution is -2.29. The molecular formula is C15H14F3NO3S. The molecule has 2 N–H and O–H groups in total. The Morgan fingerprint density at radius 3 is 2.39 bits per heavy atom. The number of benzene rings is 2. The maximum atomic E-state index is 13.7. The summed E-state index contributed by atoms with van der Waals surface area (Å²) in [5.41, 5.74) is -0.140. The van der Waals surface area contributed by atoms with E-state index in [9.17, 15) is 26.7 Å². The van der Waals surface area contributed by atoms with Crippen molar-refractivity contribution in [1.29, 1.82) is 0 Å². The van der Waals surface area contributed by atoms with Gasteiger partial charge in [0.15, 0.2) is 0 Å². The number of halogens is 3. The second kappa shape index (κ2) is 6.69. The SMILES string of the molecule is Cc1cc(F)c(S(=O)(=O)NCC(O)c2ccccc2F)cc1F. The quantitative estimate of drug-likeness (QED) is 0.875.